The van der Waals surface area contributed by atoms with E-state index in [1.165, 1.54) is 0 Å². The topological polar surface area (TPSA) is 49.8 Å². The van der Waals surface area contributed by atoms with Crippen LogP contribution in [-0.4, -0.2) is 17.0 Å². The first-order valence-corrected chi connectivity index (χ1v) is 5.64. The molecule has 0 aliphatic heterocycles. The van der Waals surface area contributed by atoms with Crippen molar-refractivity contribution in [2.75, 3.05) is 17.7 Å². The zero-order valence-corrected chi connectivity index (χ0v) is 10.2. The lowest BCUT2D eigenvalue weighted by Crippen LogP contribution is -2.03. The van der Waals surface area contributed by atoms with E-state index in [1.54, 1.807) is 12.4 Å². The molecule has 2 aromatic rings. The maximum Gasteiger partial charge on any atom is 0.147 e. The summed E-state index contributed by atoms with van der Waals surface area (Å²) in [5.74, 6) is 1.48. The van der Waals surface area contributed by atoms with E-state index < -0.39 is 0 Å². The van der Waals surface area contributed by atoms with Gasteiger partial charge in [-0.3, -0.25) is 4.98 Å². The molecule has 4 nitrogen and oxygen atoms in total. The van der Waals surface area contributed by atoms with Crippen molar-refractivity contribution in [2.45, 2.75) is 6.54 Å². The van der Waals surface area contributed by atoms with Crippen LogP contribution in [0.15, 0.2) is 36.7 Å². The molecule has 0 atom stereocenters. The highest BCUT2D eigenvalue weighted by molar-refractivity contribution is 6.30. The molecule has 0 fully saturated rings. The lowest BCUT2D eigenvalue weighted by atomic mass is 10.2. The van der Waals surface area contributed by atoms with Crippen molar-refractivity contribution in [3.63, 3.8) is 0 Å². The van der Waals surface area contributed by atoms with Crippen LogP contribution in [0.5, 0.6) is 0 Å². The summed E-state index contributed by atoms with van der Waals surface area (Å²) >= 11 is 5.82. The van der Waals surface area contributed by atoms with E-state index >= 15 is 0 Å². The molecular weight excluding hydrogens is 236 g/mol. The Morgan fingerprint density at radius 1 is 1.12 bits per heavy atom. The largest absolute Gasteiger partial charge is 0.372 e. The minimum absolute atomic E-state index is 0.693. The number of nitrogens with zero attached hydrogens (tertiary/aromatic N) is 2. The Bertz CT molecular complexity index is 484. The Balaban J connectivity index is 1.99. The van der Waals surface area contributed by atoms with Gasteiger partial charge in [0.2, 0.25) is 0 Å². The number of halogens is 1. The molecule has 0 saturated heterocycles. The Hall–Kier alpha value is -1.81. The van der Waals surface area contributed by atoms with Gasteiger partial charge in [-0.25, -0.2) is 4.98 Å². The number of anilines is 2. The molecule has 0 aliphatic rings. The highest BCUT2D eigenvalue weighted by atomic mass is 35.5. The third kappa shape index (κ3) is 3.32. The normalized spacial score (nSPS) is 10.0. The third-order valence-corrected chi connectivity index (χ3v) is 2.53. The standard InChI is InChI=1S/C12H13ClN4/c1-14-11-7-15-8-12(17-11)16-6-9-2-4-10(13)5-3-9/h2-5,7-8H,6H2,1H3,(H2,14,16,17). The van der Waals surface area contributed by atoms with E-state index in [9.17, 15) is 0 Å². The molecule has 5 heteroatoms. The average molecular weight is 249 g/mol. The molecule has 1 heterocycles. The van der Waals surface area contributed by atoms with Gasteiger partial charge >= 0.3 is 0 Å². The second-order valence-corrected chi connectivity index (χ2v) is 3.96. The quantitative estimate of drug-likeness (QED) is 0.874. The van der Waals surface area contributed by atoms with Crippen molar-refractivity contribution < 1.29 is 0 Å². The zero-order chi connectivity index (χ0) is 12.1. The maximum atomic E-state index is 5.82. The van der Waals surface area contributed by atoms with Crippen molar-refractivity contribution >= 4 is 23.2 Å². The molecule has 0 unspecified atom stereocenters. The minimum atomic E-state index is 0.693. The summed E-state index contributed by atoms with van der Waals surface area (Å²) in [6, 6.07) is 7.69. The van der Waals surface area contributed by atoms with Crippen molar-refractivity contribution in [2.24, 2.45) is 0 Å². The first-order chi connectivity index (χ1) is 8.28. The van der Waals surface area contributed by atoms with Crippen LogP contribution >= 0.6 is 11.6 Å². The van der Waals surface area contributed by atoms with Gasteiger partial charge in [0.25, 0.3) is 0 Å². The summed E-state index contributed by atoms with van der Waals surface area (Å²) < 4.78 is 0. The van der Waals surface area contributed by atoms with E-state index in [0.29, 0.717) is 6.54 Å². The molecule has 88 valence electrons. The summed E-state index contributed by atoms with van der Waals surface area (Å²) in [4.78, 5) is 8.39. The molecule has 2 rings (SSSR count). The summed E-state index contributed by atoms with van der Waals surface area (Å²) in [7, 11) is 1.81. The van der Waals surface area contributed by atoms with Gasteiger partial charge < -0.3 is 10.6 Å². The fraction of sp³-hybridized carbons (Fsp3) is 0.167. The van der Waals surface area contributed by atoms with Gasteiger partial charge in [0.15, 0.2) is 0 Å². The van der Waals surface area contributed by atoms with Gasteiger partial charge in [0.1, 0.15) is 11.6 Å². The molecule has 0 amide bonds. The molecule has 1 aromatic carbocycles. The van der Waals surface area contributed by atoms with Crippen LogP contribution in [0.25, 0.3) is 0 Å². The lowest BCUT2D eigenvalue weighted by molar-refractivity contribution is 1.08. The lowest BCUT2D eigenvalue weighted by Gasteiger charge is -2.06. The maximum absolute atomic E-state index is 5.82. The molecule has 0 aliphatic carbocycles. The van der Waals surface area contributed by atoms with E-state index in [4.69, 9.17) is 11.6 Å². The Morgan fingerprint density at radius 3 is 2.53 bits per heavy atom. The fourth-order valence-corrected chi connectivity index (χ4v) is 1.49. The van der Waals surface area contributed by atoms with E-state index in [0.717, 1.165) is 22.2 Å². The summed E-state index contributed by atoms with van der Waals surface area (Å²) in [6.07, 6.45) is 3.37. The van der Waals surface area contributed by atoms with Crippen LogP contribution in [0.4, 0.5) is 11.6 Å². The van der Waals surface area contributed by atoms with E-state index in [1.807, 2.05) is 31.3 Å². The molecule has 1 aromatic heterocycles. The van der Waals surface area contributed by atoms with Crippen LogP contribution in [0, 0.1) is 0 Å². The molecule has 2 N–H and O–H groups in total. The molecule has 0 bridgehead atoms. The van der Waals surface area contributed by atoms with Crippen LogP contribution < -0.4 is 10.6 Å². The fourth-order valence-electron chi connectivity index (χ4n) is 1.37. The van der Waals surface area contributed by atoms with Gasteiger partial charge in [0.05, 0.1) is 12.4 Å². The molecule has 0 spiro atoms. The Morgan fingerprint density at radius 2 is 1.82 bits per heavy atom. The SMILES string of the molecule is CNc1cncc(NCc2ccc(Cl)cc2)n1. The first-order valence-electron chi connectivity index (χ1n) is 5.26. The number of rotatable bonds is 4. The van der Waals surface area contributed by atoms with Gasteiger partial charge in [-0.2, -0.15) is 0 Å². The van der Waals surface area contributed by atoms with Crippen molar-refractivity contribution in [3.05, 3.63) is 47.2 Å². The number of benzene rings is 1. The highest BCUT2D eigenvalue weighted by Gasteiger charge is 1.97. The van der Waals surface area contributed by atoms with Crippen LogP contribution in [-0.2, 0) is 6.54 Å². The van der Waals surface area contributed by atoms with Crippen molar-refractivity contribution in [1.82, 2.24) is 9.97 Å². The number of nitrogens with one attached hydrogen (secondary N) is 2. The molecular formula is C12H13ClN4. The van der Waals surface area contributed by atoms with Gasteiger partial charge in [0, 0.05) is 18.6 Å². The van der Waals surface area contributed by atoms with Gasteiger partial charge in [-0.05, 0) is 17.7 Å². The summed E-state index contributed by atoms with van der Waals surface area (Å²) in [5, 5.41) is 6.88. The van der Waals surface area contributed by atoms with Crippen molar-refractivity contribution in [3.8, 4) is 0 Å². The minimum Gasteiger partial charge on any atom is -0.372 e. The van der Waals surface area contributed by atoms with E-state index in [-0.39, 0.29) is 0 Å². The average Bonchev–Trinajstić information content (AvgIpc) is 2.38. The Labute approximate surface area is 105 Å². The summed E-state index contributed by atoms with van der Waals surface area (Å²) in [6.45, 7) is 0.693. The van der Waals surface area contributed by atoms with Crippen molar-refractivity contribution in [1.29, 1.82) is 0 Å². The van der Waals surface area contributed by atoms with Crippen LogP contribution in [0.2, 0.25) is 5.02 Å². The highest BCUT2D eigenvalue weighted by Crippen LogP contribution is 2.11. The van der Waals surface area contributed by atoms with Crippen LogP contribution in [0.1, 0.15) is 5.56 Å². The zero-order valence-electron chi connectivity index (χ0n) is 9.44. The Kier molecular flexibility index (Phi) is 3.77. The monoisotopic (exact) mass is 248 g/mol. The van der Waals surface area contributed by atoms with Gasteiger partial charge in [-0.1, -0.05) is 23.7 Å². The summed E-state index contributed by atoms with van der Waals surface area (Å²) in [5.41, 5.74) is 1.14. The number of hydrogen-bond donors (Lipinski definition) is 2. The second-order valence-electron chi connectivity index (χ2n) is 3.52. The molecule has 0 radical (unpaired) electrons. The molecule has 17 heavy (non-hydrogen) atoms. The predicted octanol–water partition coefficient (Wildman–Crippen LogP) is 2.78. The first kappa shape index (κ1) is 11.7. The van der Waals surface area contributed by atoms with E-state index in [2.05, 4.69) is 20.6 Å². The van der Waals surface area contributed by atoms with Gasteiger partial charge in [-0.15, -0.1) is 0 Å². The number of hydrogen-bond acceptors (Lipinski definition) is 4. The second kappa shape index (κ2) is 5.50. The number of aromatic nitrogens is 2. The third-order valence-electron chi connectivity index (χ3n) is 2.28. The van der Waals surface area contributed by atoms with Crippen LogP contribution in [0.3, 0.4) is 0 Å². The molecule has 0 saturated carbocycles. The smallest absolute Gasteiger partial charge is 0.147 e. The predicted molar refractivity (Wildman–Crippen MR) is 70.4 cm³/mol.